The van der Waals surface area contributed by atoms with Gasteiger partial charge in [0.1, 0.15) is 30.4 Å². The topological polar surface area (TPSA) is 64.4 Å². The SMILES string of the molecule is CCN1C(=O)c2cccc(OC(F)F)c2[C@H]2C[C@@H]1c1nc3ccc(-c4cc(F)c(P(C)(C)=O)c(F)c4)cc3n12. The van der Waals surface area contributed by atoms with Crippen molar-refractivity contribution in [2.75, 3.05) is 19.9 Å². The molecule has 2 aliphatic heterocycles. The Morgan fingerprint density at radius 1 is 1.05 bits per heavy atom. The Bertz CT molecular complexity index is 1690. The molecule has 2 aliphatic rings. The molecule has 39 heavy (non-hydrogen) atoms. The fraction of sp³-hybridized carbons (Fsp3) is 0.286. The van der Waals surface area contributed by atoms with Gasteiger partial charge < -0.3 is 18.8 Å². The lowest BCUT2D eigenvalue weighted by Gasteiger charge is -2.27. The molecule has 6 nitrogen and oxygen atoms in total. The molecule has 0 spiro atoms. The highest BCUT2D eigenvalue weighted by Gasteiger charge is 2.45. The number of aromatic nitrogens is 2. The summed E-state index contributed by atoms with van der Waals surface area (Å²) in [5.74, 6) is -1.53. The number of carbonyl (C=O) groups excluding carboxylic acids is 1. The lowest BCUT2D eigenvalue weighted by atomic mass is 9.97. The second-order valence-corrected chi connectivity index (χ2v) is 13.3. The lowest BCUT2D eigenvalue weighted by molar-refractivity contribution is -0.0507. The average molecular weight is 557 g/mol. The maximum atomic E-state index is 14.9. The minimum atomic E-state index is -3.18. The van der Waals surface area contributed by atoms with E-state index in [9.17, 15) is 26.9 Å². The van der Waals surface area contributed by atoms with Crippen molar-refractivity contribution in [2.24, 2.45) is 0 Å². The van der Waals surface area contributed by atoms with Crippen LogP contribution in [0, 0.1) is 11.6 Å². The number of imidazole rings is 1. The molecule has 1 amide bonds. The van der Waals surface area contributed by atoms with Crippen LogP contribution in [0.4, 0.5) is 17.6 Å². The third-order valence-corrected chi connectivity index (χ3v) is 8.99. The van der Waals surface area contributed by atoms with Crippen LogP contribution in [0.25, 0.3) is 22.2 Å². The van der Waals surface area contributed by atoms with Gasteiger partial charge in [-0.2, -0.15) is 8.78 Å². The van der Waals surface area contributed by atoms with E-state index >= 15 is 0 Å². The van der Waals surface area contributed by atoms with Gasteiger partial charge in [0.15, 0.2) is 0 Å². The van der Waals surface area contributed by atoms with Crippen molar-refractivity contribution < 1.29 is 31.7 Å². The van der Waals surface area contributed by atoms with Crippen molar-refractivity contribution in [1.29, 1.82) is 0 Å². The predicted octanol–water partition coefficient (Wildman–Crippen LogP) is 6.34. The van der Waals surface area contributed by atoms with Crippen LogP contribution in [0.5, 0.6) is 5.75 Å². The van der Waals surface area contributed by atoms with Gasteiger partial charge in [-0.1, -0.05) is 12.1 Å². The smallest absolute Gasteiger partial charge is 0.387 e. The van der Waals surface area contributed by atoms with Crippen molar-refractivity contribution in [3.05, 3.63) is 77.1 Å². The number of fused-ring (bicyclic) bond motifs is 9. The first kappa shape index (κ1) is 25.6. The van der Waals surface area contributed by atoms with Crippen molar-refractivity contribution in [3.63, 3.8) is 0 Å². The Morgan fingerprint density at radius 3 is 2.41 bits per heavy atom. The van der Waals surface area contributed by atoms with E-state index in [1.807, 2.05) is 11.5 Å². The Labute approximate surface area is 221 Å². The predicted molar refractivity (Wildman–Crippen MR) is 139 cm³/mol. The van der Waals surface area contributed by atoms with Crippen LogP contribution in [0.1, 0.15) is 47.2 Å². The number of amides is 1. The molecule has 0 aliphatic carbocycles. The third-order valence-electron chi connectivity index (χ3n) is 7.49. The zero-order valence-electron chi connectivity index (χ0n) is 21.3. The van der Waals surface area contributed by atoms with E-state index in [1.165, 1.54) is 25.5 Å². The molecule has 0 fully saturated rings. The number of halogens is 4. The first-order chi connectivity index (χ1) is 18.5. The van der Waals surface area contributed by atoms with Gasteiger partial charge >= 0.3 is 6.61 Å². The van der Waals surface area contributed by atoms with Crippen molar-refractivity contribution >= 4 is 29.4 Å². The molecule has 0 saturated carbocycles. The maximum absolute atomic E-state index is 14.9. The van der Waals surface area contributed by atoms with Crippen molar-refractivity contribution in [3.8, 4) is 16.9 Å². The molecule has 1 aromatic heterocycles. The van der Waals surface area contributed by atoms with E-state index in [2.05, 4.69) is 0 Å². The number of ether oxygens (including phenoxy) is 1. The minimum absolute atomic E-state index is 0.0771. The summed E-state index contributed by atoms with van der Waals surface area (Å²) in [6, 6.07) is 11.1. The molecular weight excluding hydrogens is 533 g/mol. The van der Waals surface area contributed by atoms with E-state index in [0.717, 1.165) is 12.1 Å². The highest BCUT2D eigenvalue weighted by atomic mass is 31.2. The highest BCUT2D eigenvalue weighted by molar-refractivity contribution is 7.70. The normalized spacial score (nSPS) is 18.5. The zero-order chi connectivity index (χ0) is 27.8. The molecule has 0 unspecified atom stereocenters. The van der Waals surface area contributed by atoms with Gasteiger partial charge in [-0.25, -0.2) is 13.8 Å². The molecule has 3 aromatic carbocycles. The van der Waals surface area contributed by atoms with Crippen molar-refractivity contribution in [1.82, 2.24) is 14.5 Å². The van der Waals surface area contributed by atoms with Gasteiger partial charge in [0.05, 0.1) is 28.4 Å². The van der Waals surface area contributed by atoms with Gasteiger partial charge in [0.25, 0.3) is 5.91 Å². The van der Waals surface area contributed by atoms with Crippen LogP contribution in [-0.4, -0.2) is 46.8 Å². The number of nitrogens with zero attached hydrogens (tertiary/aromatic N) is 3. The van der Waals surface area contributed by atoms with Crippen LogP contribution >= 0.6 is 7.14 Å². The number of rotatable bonds is 5. The number of alkyl halides is 2. The molecule has 2 atom stereocenters. The van der Waals surface area contributed by atoms with E-state index in [4.69, 9.17) is 9.72 Å². The average Bonchev–Trinajstić information content (AvgIpc) is 3.36. The highest BCUT2D eigenvalue weighted by Crippen LogP contribution is 2.50. The Morgan fingerprint density at radius 2 is 1.77 bits per heavy atom. The Balaban J connectivity index is 1.56. The zero-order valence-corrected chi connectivity index (χ0v) is 22.2. The van der Waals surface area contributed by atoms with E-state index < -0.39 is 42.8 Å². The summed E-state index contributed by atoms with van der Waals surface area (Å²) in [6.07, 6.45) is 0.416. The lowest BCUT2D eigenvalue weighted by Crippen LogP contribution is -2.34. The number of hydrogen-bond donors (Lipinski definition) is 0. The van der Waals surface area contributed by atoms with E-state index in [-0.39, 0.29) is 22.8 Å². The number of benzene rings is 3. The van der Waals surface area contributed by atoms with E-state index in [1.54, 1.807) is 29.2 Å². The number of carbonyl (C=O) groups is 1. The van der Waals surface area contributed by atoms with Crippen LogP contribution in [0.15, 0.2) is 48.5 Å². The number of hydrogen-bond acceptors (Lipinski definition) is 4. The van der Waals surface area contributed by atoms with Crippen LogP contribution in [0.2, 0.25) is 0 Å². The fourth-order valence-corrected chi connectivity index (χ4v) is 7.13. The fourth-order valence-electron chi connectivity index (χ4n) is 5.97. The molecular formula is C28H24F4N3O3P. The monoisotopic (exact) mass is 557 g/mol. The summed E-state index contributed by atoms with van der Waals surface area (Å²) >= 11 is 0. The van der Waals surface area contributed by atoms with E-state index in [0.29, 0.717) is 41.0 Å². The second-order valence-electron chi connectivity index (χ2n) is 10.1. The molecule has 11 heteroatoms. The summed E-state index contributed by atoms with van der Waals surface area (Å²) in [5.41, 5.74) is 2.61. The van der Waals surface area contributed by atoms with Gasteiger partial charge in [0, 0.05) is 24.1 Å². The Hall–Kier alpha value is -3.65. The minimum Gasteiger partial charge on any atom is -0.434 e. The quantitative estimate of drug-likeness (QED) is 0.212. The first-order valence-corrected chi connectivity index (χ1v) is 15.0. The van der Waals surface area contributed by atoms with Crippen LogP contribution in [-0.2, 0) is 4.57 Å². The summed E-state index contributed by atoms with van der Waals surface area (Å²) in [7, 11) is -3.18. The molecule has 0 N–H and O–H groups in total. The standard InChI is InChI=1S/C28H24F4N3O3P/c1-4-34-22-13-21(24-16(27(34)36)6-5-7-23(24)38-28(31)32)35-20-12-14(8-9-19(20)33-26(22)35)15-10-17(29)25(18(30)11-15)39(2,3)37/h5-12,21-22,28H,4,13H2,1-3H3/t21-,22-/m1/s1. The maximum Gasteiger partial charge on any atom is 0.387 e. The van der Waals surface area contributed by atoms with Gasteiger partial charge in [-0.15, -0.1) is 0 Å². The summed E-state index contributed by atoms with van der Waals surface area (Å²) in [6.45, 7) is 1.77. The van der Waals surface area contributed by atoms with Crippen LogP contribution < -0.4 is 10.0 Å². The van der Waals surface area contributed by atoms with Gasteiger partial charge in [0.2, 0.25) is 0 Å². The first-order valence-electron chi connectivity index (χ1n) is 12.4. The van der Waals surface area contributed by atoms with Gasteiger partial charge in [-0.3, -0.25) is 4.79 Å². The largest absolute Gasteiger partial charge is 0.434 e. The molecule has 6 rings (SSSR count). The third kappa shape index (κ3) is 3.95. The molecule has 202 valence electrons. The molecule has 3 heterocycles. The molecule has 4 aromatic rings. The van der Waals surface area contributed by atoms with Crippen LogP contribution in [0.3, 0.4) is 0 Å². The Kier molecular flexibility index (Phi) is 5.88. The van der Waals surface area contributed by atoms with Gasteiger partial charge in [-0.05, 0) is 67.8 Å². The molecule has 0 saturated heterocycles. The van der Waals surface area contributed by atoms with Crippen molar-refractivity contribution in [2.45, 2.75) is 32.0 Å². The summed E-state index contributed by atoms with van der Waals surface area (Å²) in [4.78, 5) is 19.9. The summed E-state index contributed by atoms with van der Waals surface area (Å²) in [5, 5.41) is -0.421. The summed E-state index contributed by atoms with van der Waals surface area (Å²) < 4.78 is 75.6. The molecule has 2 bridgehead atoms. The second kappa shape index (κ2) is 8.95. The molecule has 0 radical (unpaired) electrons.